The van der Waals surface area contributed by atoms with Crippen LogP contribution in [0.2, 0.25) is 5.02 Å². The lowest BCUT2D eigenvalue weighted by atomic mass is 10.1. The van der Waals surface area contributed by atoms with E-state index in [1.165, 1.54) is 0 Å². The van der Waals surface area contributed by atoms with Crippen molar-refractivity contribution < 1.29 is 0 Å². The van der Waals surface area contributed by atoms with Gasteiger partial charge in [-0.15, -0.1) is 11.3 Å². The Hall–Kier alpha value is -0.390. The molecule has 0 radical (unpaired) electrons. The van der Waals surface area contributed by atoms with Crippen LogP contribution in [0.1, 0.15) is 16.5 Å². The molecule has 0 saturated heterocycles. The van der Waals surface area contributed by atoms with Gasteiger partial charge in [0.2, 0.25) is 0 Å². The molecule has 0 aliphatic rings. The fourth-order valence-electron chi connectivity index (χ4n) is 1.52. The van der Waals surface area contributed by atoms with E-state index >= 15 is 0 Å². The maximum absolute atomic E-state index is 5.97. The van der Waals surface area contributed by atoms with Gasteiger partial charge in [-0.3, -0.25) is 5.84 Å². The van der Waals surface area contributed by atoms with Crippen LogP contribution in [0, 0.1) is 0 Å². The van der Waals surface area contributed by atoms with Crippen molar-refractivity contribution in [2.45, 2.75) is 6.04 Å². The summed E-state index contributed by atoms with van der Waals surface area (Å²) in [5, 5.41) is 2.74. The quantitative estimate of drug-likeness (QED) is 0.669. The van der Waals surface area contributed by atoms with Crippen LogP contribution in [0.5, 0.6) is 0 Å². The molecular formula is C11H10BrClN2S. The maximum Gasteiger partial charge on any atom is 0.0814 e. The number of hydrogen-bond donors (Lipinski definition) is 2. The van der Waals surface area contributed by atoms with Crippen molar-refractivity contribution >= 4 is 38.9 Å². The van der Waals surface area contributed by atoms with Crippen molar-refractivity contribution in [3.8, 4) is 0 Å². The minimum atomic E-state index is -0.0342. The average Bonchev–Trinajstić information content (AvgIpc) is 2.67. The van der Waals surface area contributed by atoms with Crippen LogP contribution in [0.3, 0.4) is 0 Å². The zero-order valence-electron chi connectivity index (χ0n) is 8.28. The molecule has 1 atom stereocenters. The first-order valence-corrected chi connectivity index (χ1v) is 6.72. The Morgan fingerprint density at radius 3 is 2.75 bits per heavy atom. The van der Waals surface area contributed by atoms with Gasteiger partial charge in [0.25, 0.3) is 0 Å². The first kappa shape index (κ1) is 12.1. The molecule has 1 aromatic heterocycles. The van der Waals surface area contributed by atoms with Crippen LogP contribution in [0.25, 0.3) is 0 Å². The smallest absolute Gasteiger partial charge is 0.0814 e. The van der Waals surface area contributed by atoms with Crippen molar-refractivity contribution in [2.75, 3.05) is 0 Å². The molecule has 1 aromatic carbocycles. The molecular weight excluding hydrogens is 308 g/mol. The number of nitrogens with one attached hydrogen (secondary N) is 1. The molecule has 0 spiro atoms. The third-order valence-corrected chi connectivity index (χ3v) is 4.43. The number of nitrogens with two attached hydrogens (primary N) is 1. The summed E-state index contributed by atoms with van der Waals surface area (Å²) < 4.78 is 1.06. The fourth-order valence-corrected chi connectivity index (χ4v) is 3.41. The highest BCUT2D eigenvalue weighted by atomic mass is 79.9. The van der Waals surface area contributed by atoms with Crippen LogP contribution in [0.4, 0.5) is 0 Å². The van der Waals surface area contributed by atoms with Crippen LogP contribution in [-0.4, -0.2) is 0 Å². The first-order chi connectivity index (χ1) is 7.72. The Morgan fingerprint density at radius 1 is 1.38 bits per heavy atom. The Labute approximate surface area is 112 Å². The first-order valence-electron chi connectivity index (χ1n) is 4.67. The fraction of sp³-hybridized carbons (Fsp3) is 0.0909. The second kappa shape index (κ2) is 5.29. The summed E-state index contributed by atoms with van der Waals surface area (Å²) in [5.41, 5.74) is 3.86. The zero-order chi connectivity index (χ0) is 11.5. The van der Waals surface area contributed by atoms with Gasteiger partial charge < -0.3 is 0 Å². The largest absolute Gasteiger partial charge is 0.271 e. The lowest BCUT2D eigenvalue weighted by molar-refractivity contribution is 0.645. The minimum absolute atomic E-state index is 0.0342. The molecule has 0 aliphatic carbocycles. The van der Waals surface area contributed by atoms with Gasteiger partial charge in [-0.2, -0.15) is 0 Å². The number of thiophene rings is 1. The van der Waals surface area contributed by atoms with E-state index in [1.807, 2.05) is 35.7 Å². The van der Waals surface area contributed by atoms with Crippen molar-refractivity contribution in [1.29, 1.82) is 0 Å². The number of hydrogen-bond acceptors (Lipinski definition) is 3. The highest BCUT2D eigenvalue weighted by molar-refractivity contribution is 9.10. The monoisotopic (exact) mass is 316 g/mol. The van der Waals surface area contributed by atoms with Gasteiger partial charge in [0.15, 0.2) is 0 Å². The van der Waals surface area contributed by atoms with Gasteiger partial charge in [-0.05, 0) is 45.1 Å². The Kier molecular flexibility index (Phi) is 4.00. The number of rotatable bonds is 3. The normalized spacial score (nSPS) is 12.7. The molecule has 0 saturated carbocycles. The van der Waals surface area contributed by atoms with Gasteiger partial charge in [0.1, 0.15) is 0 Å². The predicted molar refractivity (Wildman–Crippen MR) is 72.6 cm³/mol. The highest BCUT2D eigenvalue weighted by Gasteiger charge is 2.16. The third kappa shape index (κ3) is 2.47. The van der Waals surface area contributed by atoms with E-state index < -0.39 is 0 Å². The Bertz CT molecular complexity index is 486. The summed E-state index contributed by atoms with van der Waals surface area (Å²) in [6, 6.07) is 9.66. The van der Waals surface area contributed by atoms with Gasteiger partial charge in [0, 0.05) is 14.4 Å². The van der Waals surface area contributed by atoms with E-state index in [0.717, 1.165) is 14.9 Å². The van der Waals surface area contributed by atoms with Gasteiger partial charge in [0.05, 0.1) is 6.04 Å². The summed E-state index contributed by atoms with van der Waals surface area (Å²) in [7, 11) is 0. The summed E-state index contributed by atoms with van der Waals surface area (Å²) in [4.78, 5) is 1.14. The molecule has 1 unspecified atom stereocenters. The highest BCUT2D eigenvalue weighted by Crippen LogP contribution is 2.33. The minimum Gasteiger partial charge on any atom is -0.271 e. The van der Waals surface area contributed by atoms with E-state index in [0.29, 0.717) is 5.02 Å². The molecule has 1 heterocycles. The topological polar surface area (TPSA) is 38.0 Å². The van der Waals surface area contributed by atoms with Crippen molar-refractivity contribution in [3.05, 3.63) is 55.6 Å². The second-order valence-corrected chi connectivity index (χ2v) is 5.53. The predicted octanol–water partition coefficient (Wildman–Crippen LogP) is 3.72. The molecule has 3 N–H and O–H groups in total. The maximum atomic E-state index is 5.97. The molecule has 0 bridgehead atoms. The molecule has 5 heteroatoms. The third-order valence-electron chi connectivity index (χ3n) is 2.26. The molecule has 0 aliphatic heterocycles. The van der Waals surface area contributed by atoms with Crippen LogP contribution in [0.15, 0.2) is 40.2 Å². The van der Waals surface area contributed by atoms with E-state index in [2.05, 4.69) is 21.4 Å². The number of halogens is 2. The van der Waals surface area contributed by atoms with Crippen molar-refractivity contribution in [3.63, 3.8) is 0 Å². The lowest BCUT2D eigenvalue weighted by Gasteiger charge is -2.15. The molecule has 0 fully saturated rings. The SMILES string of the molecule is NNC(c1cccc(Cl)c1)c1sccc1Br. The number of benzene rings is 1. The van der Waals surface area contributed by atoms with Crippen molar-refractivity contribution in [2.24, 2.45) is 5.84 Å². The summed E-state index contributed by atoms with van der Waals surface area (Å²) in [5.74, 6) is 5.61. The van der Waals surface area contributed by atoms with Crippen LogP contribution in [-0.2, 0) is 0 Å². The molecule has 2 rings (SSSR count). The summed E-state index contributed by atoms with van der Waals surface area (Å²) in [6.07, 6.45) is 0. The summed E-state index contributed by atoms with van der Waals surface area (Å²) >= 11 is 11.1. The summed E-state index contributed by atoms with van der Waals surface area (Å²) in [6.45, 7) is 0. The molecule has 2 aromatic rings. The standard InChI is InChI=1S/C11H10BrClN2S/c12-9-4-5-16-11(9)10(15-14)7-2-1-3-8(13)6-7/h1-6,10,15H,14H2. The van der Waals surface area contributed by atoms with E-state index in [4.69, 9.17) is 17.4 Å². The Balaban J connectivity index is 2.40. The molecule has 2 nitrogen and oxygen atoms in total. The zero-order valence-corrected chi connectivity index (χ0v) is 11.4. The van der Waals surface area contributed by atoms with Crippen LogP contribution < -0.4 is 11.3 Å². The van der Waals surface area contributed by atoms with Gasteiger partial charge >= 0.3 is 0 Å². The Morgan fingerprint density at radius 2 is 2.19 bits per heavy atom. The van der Waals surface area contributed by atoms with E-state index in [9.17, 15) is 0 Å². The van der Waals surface area contributed by atoms with Gasteiger partial charge in [-0.1, -0.05) is 23.7 Å². The van der Waals surface area contributed by atoms with Crippen LogP contribution >= 0.6 is 38.9 Å². The van der Waals surface area contributed by atoms with Crippen molar-refractivity contribution in [1.82, 2.24) is 5.43 Å². The average molecular weight is 318 g/mol. The van der Waals surface area contributed by atoms with E-state index in [1.54, 1.807) is 11.3 Å². The second-order valence-electron chi connectivity index (χ2n) is 3.29. The van der Waals surface area contributed by atoms with E-state index in [-0.39, 0.29) is 6.04 Å². The molecule has 84 valence electrons. The lowest BCUT2D eigenvalue weighted by Crippen LogP contribution is -2.28. The molecule has 0 amide bonds. The molecule has 16 heavy (non-hydrogen) atoms. The number of hydrazine groups is 1. The van der Waals surface area contributed by atoms with Gasteiger partial charge in [-0.25, -0.2) is 5.43 Å².